The number of allylic oxidation sites excluding steroid dienone is 1. The van der Waals surface area contributed by atoms with Crippen molar-refractivity contribution in [3.8, 4) is 5.69 Å². The monoisotopic (exact) mass is 387 g/mol. The van der Waals surface area contributed by atoms with Gasteiger partial charge in [0.1, 0.15) is 5.82 Å². The van der Waals surface area contributed by atoms with Gasteiger partial charge in [0.2, 0.25) is 0 Å². The average molecular weight is 388 g/mol. The molecule has 2 aliphatic carbocycles. The van der Waals surface area contributed by atoms with E-state index in [1.807, 2.05) is 16.9 Å². The third kappa shape index (κ3) is 3.12. The third-order valence-electron chi connectivity index (χ3n) is 6.99. The summed E-state index contributed by atoms with van der Waals surface area (Å²) in [6.07, 6.45) is 8.57. The summed E-state index contributed by atoms with van der Waals surface area (Å²) in [6, 6.07) is 17.0. The Morgan fingerprint density at radius 1 is 1.17 bits per heavy atom. The number of hydrogen-bond acceptors (Lipinski definition) is 2. The van der Waals surface area contributed by atoms with Gasteiger partial charge in [0.25, 0.3) is 0 Å². The summed E-state index contributed by atoms with van der Waals surface area (Å²) < 4.78 is 15.2. The fourth-order valence-electron chi connectivity index (χ4n) is 5.24. The van der Waals surface area contributed by atoms with Crippen LogP contribution in [0.1, 0.15) is 49.0 Å². The van der Waals surface area contributed by atoms with Crippen LogP contribution in [0.15, 0.2) is 66.4 Å². The molecular weight excluding hydrogens is 361 g/mol. The van der Waals surface area contributed by atoms with E-state index in [2.05, 4.69) is 42.4 Å². The van der Waals surface area contributed by atoms with Crippen molar-refractivity contribution in [3.63, 3.8) is 0 Å². The molecule has 0 amide bonds. The van der Waals surface area contributed by atoms with Gasteiger partial charge >= 0.3 is 0 Å². The molecule has 3 nitrogen and oxygen atoms in total. The summed E-state index contributed by atoms with van der Waals surface area (Å²) >= 11 is 0. The first kappa shape index (κ1) is 18.3. The topological polar surface area (TPSA) is 43.8 Å². The summed E-state index contributed by atoms with van der Waals surface area (Å²) in [7, 11) is 0. The maximum Gasteiger partial charge on any atom is 0.123 e. The fraction of sp³-hybridized carbons (Fsp3) is 0.320. The van der Waals surface area contributed by atoms with Crippen molar-refractivity contribution in [3.05, 3.63) is 89.0 Å². The van der Waals surface area contributed by atoms with Crippen molar-refractivity contribution in [2.45, 2.75) is 38.6 Å². The second-order valence-corrected chi connectivity index (χ2v) is 8.70. The maximum atomic E-state index is 13.3. The molecule has 1 aromatic heterocycles. The van der Waals surface area contributed by atoms with E-state index >= 15 is 0 Å². The van der Waals surface area contributed by atoms with Gasteiger partial charge in [-0.15, -0.1) is 0 Å². The smallest absolute Gasteiger partial charge is 0.123 e. The molecule has 1 heterocycles. The molecule has 4 heteroatoms. The molecule has 1 saturated carbocycles. The quantitative estimate of drug-likeness (QED) is 0.646. The highest BCUT2D eigenvalue weighted by Crippen LogP contribution is 2.55. The van der Waals surface area contributed by atoms with Crippen LogP contribution >= 0.6 is 0 Å². The van der Waals surface area contributed by atoms with E-state index in [0.717, 1.165) is 30.6 Å². The second-order valence-electron chi connectivity index (χ2n) is 8.70. The molecule has 1 fully saturated rings. The highest BCUT2D eigenvalue weighted by atomic mass is 19.1. The van der Waals surface area contributed by atoms with Gasteiger partial charge in [-0.1, -0.05) is 42.8 Å². The van der Waals surface area contributed by atoms with E-state index in [0.29, 0.717) is 5.92 Å². The third-order valence-corrected chi connectivity index (χ3v) is 6.99. The molecule has 0 bridgehead atoms. The first-order chi connectivity index (χ1) is 14.0. The van der Waals surface area contributed by atoms with Gasteiger partial charge in [-0.2, -0.15) is 5.10 Å². The Balaban J connectivity index is 1.43. The molecule has 0 aliphatic heterocycles. The zero-order valence-electron chi connectivity index (χ0n) is 16.7. The van der Waals surface area contributed by atoms with Crippen LogP contribution in [0.2, 0.25) is 0 Å². The second kappa shape index (κ2) is 6.96. The van der Waals surface area contributed by atoms with E-state index < -0.39 is 0 Å². The molecule has 3 atom stereocenters. The molecule has 5 rings (SSSR count). The number of nitrogens with two attached hydrogens (primary N) is 1. The number of rotatable bonds is 4. The van der Waals surface area contributed by atoms with Crippen molar-refractivity contribution in [2.24, 2.45) is 17.1 Å². The van der Waals surface area contributed by atoms with Crippen molar-refractivity contribution in [1.82, 2.24) is 9.78 Å². The molecule has 2 aromatic carbocycles. The Morgan fingerprint density at radius 3 is 2.69 bits per heavy atom. The molecule has 0 radical (unpaired) electrons. The minimum absolute atomic E-state index is 0.0701. The predicted molar refractivity (Wildman–Crippen MR) is 114 cm³/mol. The van der Waals surface area contributed by atoms with Crippen LogP contribution in [0.4, 0.5) is 4.39 Å². The Bertz CT molecular complexity index is 1050. The molecular formula is C25H26FN3. The van der Waals surface area contributed by atoms with E-state index in [4.69, 9.17) is 5.73 Å². The van der Waals surface area contributed by atoms with Crippen molar-refractivity contribution in [2.75, 3.05) is 0 Å². The first-order valence-corrected chi connectivity index (χ1v) is 10.4. The van der Waals surface area contributed by atoms with Crippen LogP contribution in [-0.4, -0.2) is 9.78 Å². The number of fused-ring (bicyclic) bond motifs is 2. The molecule has 148 valence electrons. The highest BCUT2D eigenvalue weighted by molar-refractivity contribution is 5.61. The van der Waals surface area contributed by atoms with Gasteiger partial charge in [0.15, 0.2) is 0 Å². The summed E-state index contributed by atoms with van der Waals surface area (Å²) in [4.78, 5) is 0. The number of hydrogen-bond donors (Lipinski definition) is 1. The lowest BCUT2D eigenvalue weighted by molar-refractivity contribution is 0.242. The van der Waals surface area contributed by atoms with E-state index in [1.165, 1.54) is 35.3 Å². The minimum Gasteiger partial charge on any atom is -0.324 e. The lowest BCUT2D eigenvalue weighted by Gasteiger charge is -2.37. The van der Waals surface area contributed by atoms with Crippen LogP contribution < -0.4 is 5.73 Å². The van der Waals surface area contributed by atoms with Crippen LogP contribution in [-0.2, 0) is 6.42 Å². The van der Waals surface area contributed by atoms with Crippen LogP contribution in [0.5, 0.6) is 0 Å². The SMILES string of the molecule is CC12Cc3cnn(-c4ccc(F)cc4)c3C=C1CC[C@@H]2CC(N)c1ccccc1. The van der Waals surface area contributed by atoms with Crippen LogP contribution in [0.3, 0.4) is 0 Å². The summed E-state index contributed by atoms with van der Waals surface area (Å²) in [5.74, 6) is 0.334. The van der Waals surface area contributed by atoms with Gasteiger partial charge in [0.05, 0.1) is 17.6 Å². The molecule has 2 aliphatic rings. The average Bonchev–Trinajstić information content (AvgIpc) is 3.27. The summed E-state index contributed by atoms with van der Waals surface area (Å²) in [6.45, 7) is 2.40. The summed E-state index contributed by atoms with van der Waals surface area (Å²) in [5, 5.41) is 4.61. The predicted octanol–water partition coefficient (Wildman–Crippen LogP) is 5.46. The van der Waals surface area contributed by atoms with E-state index in [-0.39, 0.29) is 17.3 Å². The zero-order valence-corrected chi connectivity index (χ0v) is 16.7. The number of aromatic nitrogens is 2. The van der Waals surface area contributed by atoms with Crippen molar-refractivity contribution in [1.29, 1.82) is 0 Å². The van der Waals surface area contributed by atoms with Gasteiger partial charge in [-0.25, -0.2) is 9.07 Å². The van der Waals surface area contributed by atoms with E-state index in [9.17, 15) is 4.39 Å². The number of benzene rings is 2. The highest BCUT2D eigenvalue weighted by Gasteiger charge is 2.45. The van der Waals surface area contributed by atoms with Gasteiger partial charge in [-0.05, 0) is 78.5 Å². The number of nitrogens with zero attached hydrogens (tertiary/aromatic N) is 2. The normalized spacial score (nSPS) is 24.0. The number of halogens is 1. The Morgan fingerprint density at radius 2 is 1.93 bits per heavy atom. The Labute approximate surface area is 171 Å². The lowest BCUT2D eigenvalue weighted by atomic mass is 9.68. The zero-order chi connectivity index (χ0) is 20.0. The van der Waals surface area contributed by atoms with E-state index in [1.54, 1.807) is 12.1 Å². The standard InChI is InChI=1S/C25H26FN3/c1-25-15-18-16-28-29(22-11-9-21(26)10-12-22)24(18)14-20(25)8-7-19(25)13-23(27)17-5-3-2-4-6-17/h2-6,9-12,14,16,19,23H,7-8,13,15,27H2,1H3/t19-,23?,25?/m1/s1. The maximum absolute atomic E-state index is 13.3. The minimum atomic E-state index is -0.228. The molecule has 2 N–H and O–H groups in total. The fourth-order valence-corrected chi connectivity index (χ4v) is 5.24. The lowest BCUT2D eigenvalue weighted by Crippen LogP contribution is -2.31. The van der Waals surface area contributed by atoms with Crippen LogP contribution in [0, 0.1) is 17.2 Å². The molecule has 2 unspecified atom stereocenters. The Kier molecular flexibility index (Phi) is 4.39. The molecule has 29 heavy (non-hydrogen) atoms. The van der Waals surface area contributed by atoms with Gasteiger partial charge in [0, 0.05) is 6.04 Å². The summed E-state index contributed by atoms with van der Waals surface area (Å²) in [5.41, 5.74) is 12.7. The van der Waals surface area contributed by atoms with Gasteiger partial charge < -0.3 is 5.73 Å². The molecule has 3 aromatic rings. The molecule has 0 spiro atoms. The largest absolute Gasteiger partial charge is 0.324 e. The van der Waals surface area contributed by atoms with Gasteiger partial charge in [-0.3, -0.25) is 0 Å². The van der Waals surface area contributed by atoms with Crippen LogP contribution in [0.25, 0.3) is 11.8 Å². The first-order valence-electron chi connectivity index (χ1n) is 10.4. The van der Waals surface area contributed by atoms with Crippen molar-refractivity contribution >= 4 is 6.08 Å². The Hall–Kier alpha value is -2.72. The van der Waals surface area contributed by atoms with Crippen molar-refractivity contribution < 1.29 is 4.39 Å². The molecule has 0 saturated heterocycles.